The van der Waals surface area contributed by atoms with E-state index in [1.807, 2.05) is 13.0 Å². The second-order valence-electron chi connectivity index (χ2n) is 3.62. The van der Waals surface area contributed by atoms with Crippen molar-refractivity contribution in [2.45, 2.75) is 13.3 Å². The number of nitrogens with zero attached hydrogens (tertiary/aromatic N) is 3. The monoisotopic (exact) mass is 190 g/mol. The molecule has 72 valence electrons. The Morgan fingerprint density at radius 3 is 2.93 bits per heavy atom. The minimum Gasteiger partial charge on any atom is -0.382 e. The van der Waals surface area contributed by atoms with Crippen LogP contribution >= 0.6 is 0 Å². The number of nitrogens with two attached hydrogens (primary N) is 1. The number of nitriles is 1. The molecule has 0 saturated heterocycles. The SMILES string of the molecule is CC1CC1C(=O)n1ncc(C#N)c1N. The summed E-state index contributed by atoms with van der Waals surface area (Å²) >= 11 is 0. The Labute approximate surface area is 81.1 Å². The summed E-state index contributed by atoms with van der Waals surface area (Å²) in [6.45, 7) is 2.01. The fourth-order valence-electron chi connectivity index (χ4n) is 1.44. The van der Waals surface area contributed by atoms with Gasteiger partial charge in [-0.1, -0.05) is 6.92 Å². The van der Waals surface area contributed by atoms with Gasteiger partial charge in [0.15, 0.2) is 0 Å². The Morgan fingerprint density at radius 2 is 2.50 bits per heavy atom. The van der Waals surface area contributed by atoms with Crippen molar-refractivity contribution < 1.29 is 4.79 Å². The Balaban J connectivity index is 2.29. The zero-order valence-electron chi connectivity index (χ0n) is 7.77. The summed E-state index contributed by atoms with van der Waals surface area (Å²) in [5, 5.41) is 12.4. The molecule has 1 fully saturated rings. The second-order valence-corrected chi connectivity index (χ2v) is 3.62. The third-order valence-electron chi connectivity index (χ3n) is 2.56. The van der Waals surface area contributed by atoms with Gasteiger partial charge in [-0.25, -0.2) is 0 Å². The van der Waals surface area contributed by atoms with Crippen LogP contribution in [-0.4, -0.2) is 15.7 Å². The van der Waals surface area contributed by atoms with Gasteiger partial charge >= 0.3 is 0 Å². The third kappa shape index (κ3) is 1.16. The molecule has 0 aromatic carbocycles. The summed E-state index contributed by atoms with van der Waals surface area (Å²) < 4.78 is 1.13. The topological polar surface area (TPSA) is 84.7 Å². The highest BCUT2D eigenvalue weighted by Gasteiger charge is 2.41. The molecule has 1 aliphatic rings. The number of hydrogen-bond acceptors (Lipinski definition) is 4. The molecular formula is C9H10N4O. The minimum atomic E-state index is -0.100. The number of hydrogen-bond donors (Lipinski definition) is 1. The minimum absolute atomic E-state index is 0.0312. The molecule has 5 heteroatoms. The van der Waals surface area contributed by atoms with Crippen LogP contribution in [0.25, 0.3) is 0 Å². The molecule has 2 atom stereocenters. The number of rotatable bonds is 1. The normalized spacial score (nSPS) is 24.3. The first-order chi connectivity index (χ1) is 6.65. The van der Waals surface area contributed by atoms with Crippen molar-refractivity contribution in [1.29, 1.82) is 5.26 Å². The molecule has 1 heterocycles. The Kier molecular flexibility index (Phi) is 1.78. The average Bonchev–Trinajstić information content (AvgIpc) is 2.77. The van der Waals surface area contributed by atoms with E-state index in [9.17, 15) is 4.79 Å². The predicted octanol–water partition coefficient (Wildman–Crippen LogP) is 0.633. The smallest absolute Gasteiger partial charge is 0.252 e. The van der Waals surface area contributed by atoms with E-state index in [1.54, 1.807) is 0 Å². The van der Waals surface area contributed by atoms with Crippen LogP contribution in [0, 0.1) is 23.2 Å². The highest BCUT2D eigenvalue weighted by molar-refractivity contribution is 5.86. The van der Waals surface area contributed by atoms with Crippen LogP contribution in [0.2, 0.25) is 0 Å². The number of carbonyl (C=O) groups is 1. The van der Waals surface area contributed by atoms with Crippen LogP contribution in [-0.2, 0) is 0 Å². The van der Waals surface area contributed by atoms with E-state index in [4.69, 9.17) is 11.0 Å². The largest absolute Gasteiger partial charge is 0.382 e. The van der Waals surface area contributed by atoms with Crippen molar-refractivity contribution in [2.24, 2.45) is 11.8 Å². The summed E-state index contributed by atoms with van der Waals surface area (Å²) in [4.78, 5) is 11.7. The van der Waals surface area contributed by atoms with Crippen molar-refractivity contribution in [3.05, 3.63) is 11.8 Å². The number of carbonyl (C=O) groups excluding carboxylic acids is 1. The van der Waals surface area contributed by atoms with Crippen molar-refractivity contribution in [3.8, 4) is 6.07 Å². The van der Waals surface area contributed by atoms with E-state index < -0.39 is 0 Å². The van der Waals surface area contributed by atoms with E-state index in [0.29, 0.717) is 5.92 Å². The molecule has 0 radical (unpaired) electrons. The predicted molar refractivity (Wildman–Crippen MR) is 49.3 cm³/mol. The lowest BCUT2D eigenvalue weighted by atomic mass is 10.3. The van der Waals surface area contributed by atoms with Crippen LogP contribution in [0.1, 0.15) is 23.7 Å². The molecule has 2 rings (SSSR count). The quantitative estimate of drug-likeness (QED) is 0.703. The molecule has 0 spiro atoms. The van der Waals surface area contributed by atoms with E-state index in [0.717, 1.165) is 11.1 Å². The summed E-state index contributed by atoms with van der Waals surface area (Å²) in [5.74, 6) is 0.494. The first kappa shape index (κ1) is 8.75. The summed E-state index contributed by atoms with van der Waals surface area (Å²) in [5.41, 5.74) is 5.84. The van der Waals surface area contributed by atoms with Crippen LogP contribution in [0.15, 0.2) is 6.20 Å². The first-order valence-corrected chi connectivity index (χ1v) is 4.43. The van der Waals surface area contributed by atoms with Gasteiger partial charge in [0, 0.05) is 5.92 Å². The molecule has 1 aromatic rings. The van der Waals surface area contributed by atoms with E-state index in [2.05, 4.69) is 5.10 Å². The van der Waals surface area contributed by atoms with Gasteiger partial charge in [0.2, 0.25) is 0 Å². The van der Waals surface area contributed by atoms with Gasteiger partial charge in [0.25, 0.3) is 5.91 Å². The van der Waals surface area contributed by atoms with E-state index in [-0.39, 0.29) is 23.2 Å². The van der Waals surface area contributed by atoms with Crippen molar-refractivity contribution in [2.75, 3.05) is 5.73 Å². The van der Waals surface area contributed by atoms with Gasteiger partial charge in [-0.05, 0) is 12.3 Å². The molecule has 0 amide bonds. The first-order valence-electron chi connectivity index (χ1n) is 4.43. The van der Waals surface area contributed by atoms with Crippen LogP contribution in [0.5, 0.6) is 0 Å². The lowest BCUT2D eigenvalue weighted by Crippen LogP contribution is -2.17. The van der Waals surface area contributed by atoms with Crippen molar-refractivity contribution in [3.63, 3.8) is 0 Å². The van der Waals surface area contributed by atoms with Crippen molar-refractivity contribution >= 4 is 11.7 Å². The van der Waals surface area contributed by atoms with Gasteiger partial charge in [0.05, 0.1) is 6.20 Å². The molecule has 0 bridgehead atoms. The van der Waals surface area contributed by atoms with Crippen LogP contribution in [0.3, 0.4) is 0 Å². The molecule has 1 aliphatic carbocycles. The number of anilines is 1. The fourth-order valence-corrected chi connectivity index (χ4v) is 1.44. The lowest BCUT2D eigenvalue weighted by molar-refractivity contribution is 0.0867. The molecule has 2 unspecified atom stereocenters. The highest BCUT2D eigenvalue weighted by atomic mass is 16.2. The summed E-state index contributed by atoms with van der Waals surface area (Å²) in [6.07, 6.45) is 2.21. The van der Waals surface area contributed by atoms with Gasteiger partial charge in [-0.3, -0.25) is 4.79 Å². The van der Waals surface area contributed by atoms with E-state index >= 15 is 0 Å². The number of aromatic nitrogens is 2. The van der Waals surface area contributed by atoms with E-state index in [1.165, 1.54) is 6.20 Å². The average molecular weight is 190 g/mol. The highest BCUT2D eigenvalue weighted by Crippen LogP contribution is 2.39. The molecule has 14 heavy (non-hydrogen) atoms. The van der Waals surface area contributed by atoms with Crippen LogP contribution in [0.4, 0.5) is 5.82 Å². The second kappa shape index (κ2) is 2.84. The maximum absolute atomic E-state index is 11.7. The zero-order chi connectivity index (χ0) is 10.3. The maximum atomic E-state index is 11.7. The summed E-state index contributed by atoms with van der Waals surface area (Å²) in [6, 6.07) is 1.88. The zero-order valence-corrected chi connectivity index (χ0v) is 7.77. The summed E-state index contributed by atoms with van der Waals surface area (Å²) in [7, 11) is 0. The molecular weight excluding hydrogens is 180 g/mol. The van der Waals surface area contributed by atoms with Gasteiger partial charge in [0.1, 0.15) is 17.5 Å². The van der Waals surface area contributed by atoms with Gasteiger partial charge in [-0.2, -0.15) is 15.0 Å². The maximum Gasteiger partial charge on any atom is 0.252 e. The standard InChI is InChI=1S/C9H10N4O/c1-5-2-7(5)9(14)13-8(11)6(3-10)4-12-13/h4-5,7H,2,11H2,1H3. The Hall–Kier alpha value is -1.83. The van der Waals surface area contributed by atoms with Gasteiger partial charge in [-0.15, -0.1) is 0 Å². The van der Waals surface area contributed by atoms with Crippen LogP contribution < -0.4 is 5.73 Å². The molecule has 2 N–H and O–H groups in total. The molecule has 1 aromatic heterocycles. The Morgan fingerprint density at radius 1 is 1.86 bits per heavy atom. The fraction of sp³-hybridized carbons (Fsp3) is 0.444. The Bertz CT molecular complexity index is 429. The third-order valence-corrected chi connectivity index (χ3v) is 2.56. The number of nitrogen functional groups attached to an aromatic ring is 1. The molecule has 0 aliphatic heterocycles. The molecule has 1 saturated carbocycles. The lowest BCUT2D eigenvalue weighted by Gasteiger charge is -2.00. The van der Waals surface area contributed by atoms with Gasteiger partial charge < -0.3 is 5.73 Å². The molecule has 5 nitrogen and oxygen atoms in total. The van der Waals surface area contributed by atoms with Crippen molar-refractivity contribution in [1.82, 2.24) is 9.78 Å².